The van der Waals surface area contributed by atoms with Gasteiger partial charge in [0.25, 0.3) is 0 Å². The molecule has 1 N–H and O–H groups in total. The van der Waals surface area contributed by atoms with E-state index in [4.69, 9.17) is 5.11 Å². The van der Waals surface area contributed by atoms with Crippen LogP contribution in [0.2, 0.25) is 0 Å². The third-order valence-electron chi connectivity index (χ3n) is 3.08. The molecule has 0 radical (unpaired) electrons. The lowest BCUT2D eigenvalue weighted by Crippen LogP contribution is -1.97. The number of nitrogens with zero attached hydrogens (tertiary/aromatic N) is 2. The molecule has 1 aromatic carbocycles. The van der Waals surface area contributed by atoms with E-state index in [2.05, 4.69) is 9.97 Å². The monoisotopic (exact) mass is 342 g/mol. The molecule has 2 aromatic heterocycles. The molecule has 2 heterocycles. The maximum absolute atomic E-state index is 10.6. The highest BCUT2D eigenvalue weighted by atomic mass is 32.1. The van der Waals surface area contributed by atoms with Gasteiger partial charge >= 0.3 is 0 Å². The Morgan fingerprint density at radius 3 is 2.12 bits per heavy atom. The number of ketones is 1. The fraction of sp³-hybridized carbons (Fsp3) is 0.211. The van der Waals surface area contributed by atoms with E-state index in [9.17, 15) is 4.79 Å². The van der Waals surface area contributed by atoms with Crippen LogP contribution in [0.15, 0.2) is 71.9 Å². The van der Waals surface area contributed by atoms with Crippen LogP contribution < -0.4 is 0 Å². The van der Waals surface area contributed by atoms with E-state index in [-0.39, 0.29) is 18.3 Å². The first-order valence-corrected chi connectivity index (χ1v) is 8.48. The van der Waals surface area contributed by atoms with Crippen molar-refractivity contribution in [3.63, 3.8) is 0 Å². The molecule has 24 heavy (non-hydrogen) atoms. The van der Waals surface area contributed by atoms with Gasteiger partial charge < -0.3 is 5.11 Å². The molecular weight excluding hydrogens is 320 g/mol. The Bertz CT molecular complexity index is 641. The average Bonchev–Trinajstić information content (AvgIpc) is 3.23. The second-order valence-corrected chi connectivity index (χ2v) is 5.72. The topological polar surface area (TPSA) is 63.1 Å². The highest BCUT2D eigenvalue weighted by Crippen LogP contribution is 2.12. The number of hydrogen-bond acceptors (Lipinski definition) is 5. The molecule has 3 rings (SSSR count). The first-order chi connectivity index (χ1) is 11.6. The molecular formula is C19H22N2O2S. The van der Waals surface area contributed by atoms with Crippen LogP contribution in [0.3, 0.4) is 0 Å². The number of aliphatic hydroxyl groups excluding tert-OH is 1. The first-order valence-electron chi connectivity index (χ1n) is 7.54. The molecule has 0 aliphatic rings. The number of Topliss-reactive ketones (excluding diaryl/α,β-unsaturated/α-hetero) is 1. The Morgan fingerprint density at radius 2 is 1.75 bits per heavy atom. The second-order valence-electron chi connectivity index (χ2n) is 4.96. The highest BCUT2D eigenvalue weighted by Gasteiger charge is 2.00. The maximum Gasteiger partial charge on any atom is 0.159 e. The summed E-state index contributed by atoms with van der Waals surface area (Å²) in [6.45, 7) is 3.77. The number of pyridine rings is 1. The number of benzene rings is 1. The Balaban J connectivity index is 0.000000189. The van der Waals surface area contributed by atoms with E-state index in [1.165, 1.54) is 12.5 Å². The number of aromatic nitrogens is 2. The number of aliphatic hydroxyl groups is 1. The molecule has 5 heteroatoms. The van der Waals surface area contributed by atoms with Crippen LogP contribution in [0.5, 0.6) is 0 Å². The highest BCUT2D eigenvalue weighted by molar-refractivity contribution is 7.07. The number of carbonyl (C=O) groups is 1. The summed E-state index contributed by atoms with van der Waals surface area (Å²) in [5.41, 5.74) is 3.70. The van der Waals surface area contributed by atoms with E-state index < -0.39 is 0 Å². The quantitative estimate of drug-likeness (QED) is 0.724. The zero-order valence-electron chi connectivity index (χ0n) is 13.9. The van der Waals surface area contributed by atoms with Gasteiger partial charge in [-0.15, -0.1) is 11.3 Å². The molecule has 126 valence electrons. The van der Waals surface area contributed by atoms with Crippen molar-refractivity contribution in [3.8, 4) is 0 Å². The summed E-state index contributed by atoms with van der Waals surface area (Å²) in [5, 5.41) is 10.7. The third-order valence-corrected chi connectivity index (χ3v) is 3.60. The molecule has 0 saturated carbocycles. The van der Waals surface area contributed by atoms with Crippen molar-refractivity contribution in [3.05, 3.63) is 83.1 Å². The predicted molar refractivity (Wildman–Crippen MR) is 98.3 cm³/mol. The van der Waals surface area contributed by atoms with E-state index in [0.29, 0.717) is 5.56 Å². The smallest absolute Gasteiger partial charge is 0.159 e. The molecule has 3 aromatic rings. The van der Waals surface area contributed by atoms with E-state index >= 15 is 0 Å². The fourth-order valence-electron chi connectivity index (χ4n) is 1.65. The van der Waals surface area contributed by atoms with E-state index in [1.54, 1.807) is 47.6 Å². The van der Waals surface area contributed by atoms with E-state index in [1.807, 2.05) is 42.6 Å². The molecule has 0 aliphatic heterocycles. The summed E-state index contributed by atoms with van der Waals surface area (Å²) in [6.07, 6.45) is 4.98. The maximum atomic E-state index is 10.6. The molecule has 0 spiro atoms. The van der Waals surface area contributed by atoms with E-state index in [0.717, 1.165) is 0 Å². The summed E-state index contributed by atoms with van der Waals surface area (Å²) >= 11 is 1.60. The molecule has 1 unspecified atom stereocenters. The molecule has 0 bridgehead atoms. The number of rotatable bonds is 3. The van der Waals surface area contributed by atoms with Crippen LogP contribution in [-0.4, -0.2) is 27.5 Å². The van der Waals surface area contributed by atoms with Crippen LogP contribution in [0, 0.1) is 0 Å². The molecule has 0 saturated heterocycles. The van der Waals surface area contributed by atoms with Gasteiger partial charge in [-0.2, -0.15) is 0 Å². The first kappa shape index (κ1) is 19.7. The average molecular weight is 342 g/mol. The number of hydrogen-bond donors (Lipinski definition) is 1. The van der Waals surface area contributed by atoms with Crippen LogP contribution in [0.1, 0.15) is 35.7 Å². The summed E-state index contributed by atoms with van der Waals surface area (Å²) in [4.78, 5) is 18.1. The fourth-order valence-corrected chi connectivity index (χ4v) is 2.00. The zero-order valence-corrected chi connectivity index (χ0v) is 14.7. The van der Waals surface area contributed by atoms with Crippen LogP contribution in [-0.2, 0) is 0 Å². The third kappa shape index (κ3) is 8.31. The van der Waals surface area contributed by atoms with Gasteiger partial charge in [0, 0.05) is 42.1 Å². The summed E-state index contributed by atoms with van der Waals surface area (Å²) < 4.78 is 0. The van der Waals surface area contributed by atoms with Gasteiger partial charge in [0.1, 0.15) is 0 Å². The minimum atomic E-state index is 0.0809. The SMILES string of the molecule is CC(=O)c1ccncc1.CC(CO)c1ccccc1.c1cscn1. The van der Waals surface area contributed by atoms with Crippen molar-refractivity contribution >= 4 is 17.1 Å². The van der Waals surface area contributed by atoms with Gasteiger partial charge in [-0.05, 0) is 24.6 Å². The van der Waals surface area contributed by atoms with Gasteiger partial charge in [-0.3, -0.25) is 14.8 Å². The van der Waals surface area contributed by atoms with Crippen molar-refractivity contribution in [1.82, 2.24) is 9.97 Å². The van der Waals surface area contributed by atoms with Crippen LogP contribution in [0.25, 0.3) is 0 Å². The standard InChI is InChI=1S/C9H12O.C7H7NO.C3H3NS/c1-8(7-10)9-5-3-2-4-6-9;1-6(9)7-2-4-8-5-3-7;1-2-5-3-4-1/h2-6,8,10H,7H2,1H3;2-5H,1H3;1-3H. The lowest BCUT2D eigenvalue weighted by atomic mass is 10.0. The normalized spacial score (nSPS) is 10.5. The Labute approximate surface area is 146 Å². The molecule has 4 nitrogen and oxygen atoms in total. The summed E-state index contributed by atoms with van der Waals surface area (Å²) in [7, 11) is 0. The Kier molecular flexibility index (Phi) is 9.92. The number of carbonyl (C=O) groups excluding carboxylic acids is 1. The van der Waals surface area contributed by atoms with Crippen molar-refractivity contribution in [2.75, 3.05) is 6.61 Å². The zero-order chi connectivity index (χ0) is 17.6. The molecule has 0 amide bonds. The van der Waals surface area contributed by atoms with Gasteiger partial charge in [0.15, 0.2) is 5.78 Å². The van der Waals surface area contributed by atoms with Crippen molar-refractivity contribution in [2.45, 2.75) is 19.8 Å². The van der Waals surface area contributed by atoms with Gasteiger partial charge in [-0.1, -0.05) is 37.3 Å². The molecule has 1 atom stereocenters. The van der Waals surface area contributed by atoms with Gasteiger partial charge in [0.05, 0.1) is 5.51 Å². The molecule has 0 fully saturated rings. The number of thiazole rings is 1. The predicted octanol–water partition coefficient (Wildman–Crippen LogP) is 4.21. The van der Waals surface area contributed by atoms with Crippen LogP contribution in [0.4, 0.5) is 0 Å². The Morgan fingerprint density at radius 1 is 1.08 bits per heavy atom. The largest absolute Gasteiger partial charge is 0.396 e. The molecule has 0 aliphatic carbocycles. The Hall–Kier alpha value is -2.37. The lowest BCUT2D eigenvalue weighted by molar-refractivity contribution is 0.101. The van der Waals surface area contributed by atoms with Crippen molar-refractivity contribution < 1.29 is 9.90 Å². The minimum absolute atomic E-state index is 0.0809. The summed E-state index contributed by atoms with van der Waals surface area (Å²) in [5.74, 6) is 0.346. The summed E-state index contributed by atoms with van der Waals surface area (Å²) in [6, 6.07) is 13.4. The van der Waals surface area contributed by atoms with Crippen LogP contribution >= 0.6 is 11.3 Å². The van der Waals surface area contributed by atoms with Crippen molar-refractivity contribution in [1.29, 1.82) is 0 Å². The van der Waals surface area contributed by atoms with Gasteiger partial charge in [0.2, 0.25) is 0 Å². The lowest BCUT2D eigenvalue weighted by Gasteiger charge is -2.05. The van der Waals surface area contributed by atoms with Gasteiger partial charge in [-0.25, -0.2) is 0 Å². The minimum Gasteiger partial charge on any atom is -0.396 e. The van der Waals surface area contributed by atoms with Crippen molar-refractivity contribution in [2.24, 2.45) is 0 Å². The second kappa shape index (κ2) is 12.1.